The van der Waals surface area contributed by atoms with Gasteiger partial charge in [0.25, 0.3) is 0 Å². The lowest BCUT2D eigenvalue weighted by atomic mass is 10.2. The Morgan fingerprint density at radius 2 is 1.77 bits per heavy atom. The molecule has 0 fully saturated rings. The molecule has 0 saturated heterocycles. The molecule has 0 aliphatic rings. The van der Waals surface area contributed by atoms with E-state index in [-0.39, 0.29) is 13.0 Å². The van der Waals surface area contributed by atoms with Crippen molar-refractivity contribution >= 4 is 17.6 Å². The number of halogens is 3. The van der Waals surface area contributed by atoms with E-state index >= 15 is 0 Å². The van der Waals surface area contributed by atoms with Gasteiger partial charge in [-0.2, -0.15) is 13.2 Å². The van der Waals surface area contributed by atoms with Crippen LogP contribution < -0.4 is 4.74 Å². The van der Waals surface area contributed by atoms with Crippen molar-refractivity contribution in [3.05, 3.63) is 29.8 Å². The van der Waals surface area contributed by atoms with Crippen LogP contribution in [0.25, 0.3) is 0 Å². The van der Waals surface area contributed by atoms with Crippen molar-refractivity contribution in [1.29, 1.82) is 0 Å². The molecule has 1 aromatic carbocycles. The number of nitrogens with zero attached hydrogens (tertiary/aromatic N) is 1. The first-order chi connectivity index (χ1) is 10.1. The number of ether oxygens (including phenoxy) is 1. The first-order valence-corrected chi connectivity index (χ1v) is 7.94. The topological polar surface area (TPSA) is 44.7 Å². The van der Waals surface area contributed by atoms with Crippen LogP contribution in [0.1, 0.15) is 39.2 Å². The fourth-order valence-corrected chi connectivity index (χ4v) is 1.91. The van der Waals surface area contributed by atoms with Gasteiger partial charge in [-0.1, -0.05) is 4.40 Å². The predicted octanol–water partition coefficient (Wildman–Crippen LogP) is 4.29. The van der Waals surface area contributed by atoms with E-state index in [0.717, 1.165) is 5.56 Å². The molecule has 0 aliphatic carbocycles. The van der Waals surface area contributed by atoms with Gasteiger partial charge in [0.15, 0.2) is 0 Å². The van der Waals surface area contributed by atoms with Crippen molar-refractivity contribution in [3.8, 4) is 5.75 Å². The van der Waals surface area contributed by atoms with Crippen molar-refractivity contribution in [2.75, 3.05) is 6.61 Å². The molecule has 124 valence electrons. The highest BCUT2D eigenvalue weighted by Crippen LogP contribution is 2.22. The zero-order valence-electron chi connectivity index (χ0n) is 12.8. The highest BCUT2D eigenvalue weighted by Gasteiger charge is 2.26. The van der Waals surface area contributed by atoms with Crippen LogP contribution in [0.4, 0.5) is 13.2 Å². The SMILES string of the molecule is CC(C)(C)[S@+]([O-])N=Cc1ccc(OCCCC(F)(F)F)cc1. The Morgan fingerprint density at radius 1 is 1.18 bits per heavy atom. The van der Waals surface area contributed by atoms with Gasteiger partial charge in [-0.3, -0.25) is 0 Å². The molecule has 0 N–H and O–H groups in total. The molecule has 0 radical (unpaired) electrons. The number of benzene rings is 1. The summed E-state index contributed by atoms with van der Waals surface area (Å²) in [6, 6.07) is 6.72. The van der Waals surface area contributed by atoms with Crippen molar-refractivity contribution in [2.24, 2.45) is 4.40 Å². The molecule has 0 saturated carbocycles. The van der Waals surface area contributed by atoms with E-state index in [0.29, 0.717) is 5.75 Å². The standard InChI is InChI=1S/C15H20F3NO2S/c1-14(2,3)22(20)19-11-12-5-7-13(8-6-12)21-10-4-9-15(16,17)18/h5-8,11H,4,9-10H2,1-3H3/t22-/m0/s1. The lowest BCUT2D eigenvalue weighted by Gasteiger charge is -2.17. The average Bonchev–Trinajstić information content (AvgIpc) is 2.40. The summed E-state index contributed by atoms with van der Waals surface area (Å²) in [6.45, 7) is 5.51. The van der Waals surface area contributed by atoms with E-state index in [1.54, 1.807) is 24.3 Å². The summed E-state index contributed by atoms with van der Waals surface area (Å²) in [6.07, 6.45) is -3.56. The molecular formula is C15H20F3NO2S. The number of alkyl halides is 3. The minimum absolute atomic E-state index is 0.0149. The van der Waals surface area contributed by atoms with Gasteiger partial charge >= 0.3 is 6.18 Å². The summed E-state index contributed by atoms with van der Waals surface area (Å²) in [7, 11) is 0. The molecule has 0 bridgehead atoms. The third kappa shape index (κ3) is 7.70. The minimum Gasteiger partial charge on any atom is -0.591 e. The lowest BCUT2D eigenvalue weighted by molar-refractivity contribution is -0.136. The molecule has 0 aliphatic heterocycles. The molecule has 1 aromatic rings. The van der Waals surface area contributed by atoms with Crippen LogP contribution in [0.5, 0.6) is 5.75 Å². The molecule has 0 unspecified atom stereocenters. The normalized spacial score (nSPS) is 14.3. The number of rotatable bonds is 6. The second-order valence-corrected chi connectivity index (χ2v) is 7.67. The van der Waals surface area contributed by atoms with E-state index in [1.165, 1.54) is 6.21 Å². The maximum Gasteiger partial charge on any atom is 0.389 e. The highest BCUT2D eigenvalue weighted by atomic mass is 32.2. The van der Waals surface area contributed by atoms with Gasteiger partial charge < -0.3 is 9.29 Å². The van der Waals surface area contributed by atoms with Crippen molar-refractivity contribution < 1.29 is 22.5 Å². The molecule has 1 atom stereocenters. The van der Waals surface area contributed by atoms with Gasteiger partial charge in [0, 0.05) is 6.42 Å². The van der Waals surface area contributed by atoms with Crippen LogP contribution in [-0.4, -0.2) is 28.3 Å². The molecule has 7 heteroatoms. The van der Waals surface area contributed by atoms with Crippen LogP contribution in [0.3, 0.4) is 0 Å². The largest absolute Gasteiger partial charge is 0.591 e. The highest BCUT2D eigenvalue weighted by molar-refractivity contribution is 7.91. The second kappa shape index (κ2) is 7.87. The fourth-order valence-electron chi connectivity index (χ4n) is 1.38. The van der Waals surface area contributed by atoms with Gasteiger partial charge in [-0.25, -0.2) is 0 Å². The van der Waals surface area contributed by atoms with E-state index in [2.05, 4.69) is 4.40 Å². The van der Waals surface area contributed by atoms with Gasteiger partial charge in [-0.05, 0) is 57.0 Å². The third-order valence-corrected chi connectivity index (χ3v) is 3.92. The fraction of sp³-hybridized carbons (Fsp3) is 0.533. The Morgan fingerprint density at radius 3 is 2.27 bits per heavy atom. The van der Waals surface area contributed by atoms with Crippen molar-refractivity contribution in [1.82, 2.24) is 0 Å². The summed E-state index contributed by atoms with van der Waals surface area (Å²) in [4.78, 5) is 0. The first-order valence-electron chi connectivity index (χ1n) is 6.83. The van der Waals surface area contributed by atoms with Gasteiger partial charge in [0.1, 0.15) is 21.9 Å². The zero-order valence-corrected chi connectivity index (χ0v) is 13.6. The van der Waals surface area contributed by atoms with E-state index < -0.39 is 28.7 Å². The average molecular weight is 335 g/mol. The molecular weight excluding hydrogens is 315 g/mol. The number of hydrogen-bond donors (Lipinski definition) is 0. The Balaban J connectivity index is 2.45. The van der Waals surface area contributed by atoms with Crippen LogP contribution in [0.2, 0.25) is 0 Å². The Kier molecular flexibility index (Phi) is 6.74. The monoisotopic (exact) mass is 335 g/mol. The molecule has 0 spiro atoms. The van der Waals surface area contributed by atoms with E-state index in [9.17, 15) is 17.7 Å². The Labute approximate surface area is 131 Å². The first kappa shape index (κ1) is 18.8. The summed E-state index contributed by atoms with van der Waals surface area (Å²) in [5.41, 5.74) is 0.750. The van der Waals surface area contributed by atoms with Crippen molar-refractivity contribution in [2.45, 2.75) is 44.5 Å². The van der Waals surface area contributed by atoms with Crippen LogP contribution >= 0.6 is 0 Å². The van der Waals surface area contributed by atoms with Crippen LogP contribution in [0.15, 0.2) is 28.7 Å². The molecule has 3 nitrogen and oxygen atoms in total. The predicted molar refractivity (Wildman–Crippen MR) is 82.7 cm³/mol. The van der Waals surface area contributed by atoms with Crippen LogP contribution in [0, 0.1) is 0 Å². The summed E-state index contributed by atoms with van der Waals surface area (Å²) < 4.78 is 56.5. The maximum absolute atomic E-state index is 12.0. The molecule has 0 aromatic heterocycles. The van der Waals surface area contributed by atoms with Crippen LogP contribution in [-0.2, 0) is 11.4 Å². The molecule has 0 heterocycles. The summed E-state index contributed by atoms with van der Waals surface area (Å²) >= 11 is -1.33. The van der Waals surface area contributed by atoms with Gasteiger partial charge in [0.2, 0.25) is 0 Å². The Hall–Kier alpha value is -1.21. The Bertz CT molecular complexity index is 481. The summed E-state index contributed by atoms with van der Waals surface area (Å²) in [5, 5.41) is 0. The molecule has 22 heavy (non-hydrogen) atoms. The van der Waals surface area contributed by atoms with E-state index in [4.69, 9.17) is 4.74 Å². The zero-order chi connectivity index (χ0) is 16.8. The number of hydrogen-bond acceptors (Lipinski definition) is 3. The smallest absolute Gasteiger partial charge is 0.389 e. The molecule has 0 amide bonds. The maximum atomic E-state index is 12.0. The van der Waals surface area contributed by atoms with Gasteiger partial charge in [-0.15, -0.1) is 0 Å². The summed E-state index contributed by atoms with van der Waals surface area (Å²) in [5.74, 6) is 0.497. The van der Waals surface area contributed by atoms with Gasteiger partial charge in [0.05, 0.1) is 12.8 Å². The third-order valence-electron chi connectivity index (χ3n) is 2.57. The second-order valence-electron chi connectivity index (χ2n) is 5.73. The minimum atomic E-state index is -4.15. The van der Waals surface area contributed by atoms with E-state index in [1.807, 2.05) is 20.8 Å². The quantitative estimate of drug-likeness (QED) is 0.442. The molecule has 1 rings (SSSR count). The lowest BCUT2D eigenvalue weighted by Crippen LogP contribution is -2.25. The van der Waals surface area contributed by atoms with Crippen molar-refractivity contribution in [3.63, 3.8) is 0 Å².